The number of carbonyl (C=O) groups is 2. The van der Waals surface area contributed by atoms with Crippen molar-refractivity contribution < 1.29 is 45.2 Å². The summed E-state index contributed by atoms with van der Waals surface area (Å²) in [4.78, 5) is 26.0. The first-order valence-corrected chi connectivity index (χ1v) is 15.2. The van der Waals surface area contributed by atoms with Crippen molar-refractivity contribution in [1.82, 2.24) is 4.72 Å². The minimum atomic E-state index is -3.04. The van der Waals surface area contributed by atoms with Gasteiger partial charge in [-0.15, -0.1) is 0 Å². The summed E-state index contributed by atoms with van der Waals surface area (Å²) >= 11 is 0. The maximum atomic E-state index is 14.2. The zero-order valence-electron chi connectivity index (χ0n) is 25.1. The van der Waals surface area contributed by atoms with Crippen LogP contribution in [0.15, 0.2) is 108 Å². The van der Waals surface area contributed by atoms with Crippen LogP contribution in [0.25, 0.3) is 0 Å². The number of hydrogen-bond donors (Lipinski definition) is 2. The van der Waals surface area contributed by atoms with Gasteiger partial charge in [-0.3, -0.25) is 4.79 Å². The molecule has 4 aromatic rings. The lowest BCUT2D eigenvalue weighted by molar-refractivity contribution is -0.117. The molecule has 0 aliphatic heterocycles. The quantitative estimate of drug-likeness (QED) is 0.0555. The molecule has 14 heteroatoms. The highest BCUT2D eigenvalue weighted by molar-refractivity contribution is 7.83. The summed E-state index contributed by atoms with van der Waals surface area (Å²) in [6, 6.07) is 22.1. The lowest BCUT2D eigenvalue weighted by Crippen LogP contribution is -2.41. The van der Waals surface area contributed by atoms with Crippen LogP contribution in [0.4, 0.5) is 27.6 Å². The Kier molecular flexibility index (Phi) is 12.2. The normalized spacial score (nSPS) is 11.9. The van der Waals surface area contributed by atoms with Gasteiger partial charge >= 0.3 is 5.97 Å². The largest absolute Gasteiger partial charge is 0.488 e. The van der Waals surface area contributed by atoms with Gasteiger partial charge in [0.15, 0.2) is 23.3 Å². The van der Waals surface area contributed by atoms with Crippen LogP contribution in [0.3, 0.4) is 0 Å². The molecular formula is C34H28F5N3O5S. The van der Waals surface area contributed by atoms with Crippen LogP contribution in [-0.4, -0.2) is 29.2 Å². The molecule has 0 heterocycles. The molecule has 1 amide bonds. The number of nitrogens with two attached hydrogens (primary N) is 1. The second-order valence-electron chi connectivity index (χ2n) is 9.96. The van der Waals surface area contributed by atoms with Crippen molar-refractivity contribution in [3.05, 3.63) is 149 Å². The topological polar surface area (TPSA) is 111 Å². The molecule has 3 N–H and O–H groups in total. The third kappa shape index (κ3) is 8.72. The minimum Gasteiger partial charge on any atom is -0.488 e. The highest BCUT2D eigenvalue weighted by Crippen LogP contribution is 2.29. The van der Waals surface area contributed by atoms with Gasteiger partial charge in [0.05, 0.1) is 13.1 Å². The second kappa shape index (κ2) is 16.5. The van der Waals surface area contributed by atoms with Crippen molar-refractivity contribution in [2.45, 2.75) is 18.1 Å². The first kappa shape index (κ1) is 35.5. The molecule has 0 spiro atoms. The van der Waals surface area contributed by atoms with E-state index in [9.17, 15) is 35.8 Å². The summed E-state index contributed by atoms with van der Waals surface area (Å²) in [7, 11) is -3.04. The van der Waals surface area contributed by atoms with Crippen LogP contribution in [0.5, 0.6) is 5.75 Å². The molecule has 0 bridgehead atoms. The Morgan fingerprint density at radius 2 is 1.40 bits per heavy atom. The molecule has 0 radical (unpaired) electrons. The van der Waals surface area contributed by atoms with E-state index in [4.69, 9.17) is 15.2 Å². The standard InChI is InChI=1S/C34H28F5N3O5S/c1-2-9-23(40)18-42(27(43)17-41-48(45)33-31(38)29(36)28(35)30(37)32(33)39)24-14-15-25(34(44)47-20-22-12-7-4-8-13-22)26(16-24)46-19-21-10-5-3-6-11-21/h2-16,41H,1,17-20,40H2/b23-9-. The average molecular weight is 686 g/mol. The van der Waals surface area contributed by atoms with Crippen LogP contribution in [0.1, 0.15) is 21.5 Å². The number of ether oxygens (including phenoxy) is 2. The van der Waals surface area contributed by atoms with Crippen LogP contribution in [0.2, 0.25) is 0 Å². The maximum Gasteiger partial charge on any atom is 0.342 e. The Morgan fingerprint density at radius 3 is 1.98 bits per heavy atom. The maximum absolute atomic E-state index is 14.2. The van der Waals surface area contributed by atoms with Gasteiger partial charge in [0.2, 0.25) is 11.7 Å². The van der Waals surface area contributed by atoms with E-state index in [-0.39, 0.29) is 42.5 Å². The van der Waals surface area contributed by atoms with Crippen LogP contribution < -0.4 is 20.1 Å². The first-order chi connectivity index (χ1) is 23.0. The van der Waals surface area contributed by atoms with Crippen LogP contribution in [0, 0.1) is 29.1 Å². The van der Waals surface area contributed by atoms with Gasteiger partial charge in [0.25, 0.3) is 0 Å². The third-order valence-electron chi connectivity index (χ3n) is 6.63. The predicted octanol–water partition coefficient (Wildman–Crippen LogP) is 5.99. The lowest BCUT2D eigenvalue weighted by Gasteiger charge is -2.24. The van der Waals surface area contributed by atoms with Crippen LogP contribution in [-0.2, 0) is 33.7 Å². The van der Waals surface area contributed by atoms with Crippen molar-refractivity contribution in [3.63, 3.8) is 0 Å². The number of nitrogens with one attached hydrogen (secondary N) is 1. The summed E-state index contributed by atoms with van der Waals surface area (Å²) in [5.74, 6) is -13.2. The van der Waals surface area contributed by atoms with Gasteiger partial charge < -0.3 is 20.1 Å². The van der Waals surface area contributed by atoms with Gasteiger partial charge in [-0.1, -0.05) is 73.3 Å². The fourth-order valence-electron chi connectivity index (χ4n) is 4.26. The first-order valence-electron chi connectivity index (χ1n) is 14.1. The van der Waals surface area contributed by atoms with Crippen LogP contribution >= 0.6 is 0 Å². The Morgan fingerprint density at radius 1 is 0.833 bits per heavy atom. The lowest BCUT2D eigenvalue weighted by atomic mass is 10.1. The molecule has 250 valence electrons. The zero-order valence-corrected chi connectivity index (χ0v) is 25.9. The Labute approximate surface area is 274 Å². The molecule has 8 nitrogen and oxygen atoms in total. The summed E-state index contributed by atoms with van der Waals surface area (Å²) in [6.45, 7) is 2.35. The second-order valence-corrected chi connectivity index (χ2v) is 11.2. The van der Waals surface area contributed by atoms with E-state index in [2.05, 4.69) is 6.58 Å². The van der Waals surface area contributed by atoms with E-state index in [1.165, 1.54) is 30.4 Å². The summed E-state index contributed by atoms with van der Waals surface area (Å²) in [5.41, 5.74) is 7.80. The van der Waals surface area contributed by atoms with Crippen molar-refractivity contribution in [2.75, 3.05) is 18.0 Å². The van der Waals surface area contributed by atoms with Gasteiger partial charge in [-0.25, -0.2) is 35.7 Å². The van der Waals surface area contributed by atoms with Crippen molar-refractivity contribution in [3.8, 4) is 5.75 Å². The van der Waals surface area contributed by atoms with E-state index in [1.54, 1.807) is 48.5 Å². The smallest absolute Gasteiger partial charge is 0.342 e. The molecule has 4 aromatic carbocycles. The van der Waals surface area contributed by atoms with Crippen molar-refractivity contribution in [1.29, 1.82) is 0 Å². The summed E-state index contributed by atoms with van der Waals surface area (Å²) in [6.07, 6.45) is 2.75. The van der Waals surface area contributed by atoms with Gasteiger partial charge in [-0.05, 0) is 29.3 Å². The molecule has 0 aliphatic rings. The van der Waals surface area contributed by atoms with E-state index in [0.717, 1.165) is 16.0 Å². The molecule has 1 unspecified atom stereocenters. The number of anilines is 1. The monoisotopic (exact) mass is 685 g/mol. The number of hydrogen-bond acceptors (Lipinski definition) is 6. The van der Waals surface area contributed by atoms with Crippen molar-refractivity contribution >= 4 is 28.5 Å². The molecule has 0 saturated carbocycles. The molecule has 0 aromatic heterocycles. The molecule has 0 aliphatic carbocycles. The zero-order chi connectivity index (χ0) is 34.8. The fraction of sp³-hybridized carbons (Fsp3) is 0.118. The number of nitrogens with zero attached hydrogens (tertiary/aromatic N) is 1. The Hall–Kier alpha value is -5.34. The van der Waals surface area contributed by atoms with Gasteiger partial charge in [-0.2, -0.15) is 0 Å². The Bertz CT molecular complexity index is 1830. The number of amides is 1. The van der Waals surface area contributed by atoms with Crippen molar-refractivity contribution in [2.24, 2.45) is 5.73 Å². The highest BCUT2D eigenvalue weighted by Gasteiger charge is 2.30. The number of carbonyl (C=O) groups excluding carboxylic acids is 2. The number of rotatable bonds is 14. The Balaban J connectivity index is 1.64. The van der Waals surface area contributed by atoms with Gasteiger partial charge in [0.1, 0.15) is 40.4 Å². The van der Waals surface area contributed by atoms with E-state index in [0.29, 0.717) is 0 Å². The number of esters is 1. The van der Waals surface area contributed by atoms with E-state index in [1.807, 2.05) is 16.9 Å². The molecule has 48 heavy (non-hydrogen) atoms. The summed E-state index contributed by atoms with van der Waals surface area (Å²) < 4.78 is 95.4. The predicted molar refractivity (Wildman–Crippen MR) is 168 cm³/mol. The minimum absolute atomic E-state index is 0.0245. The molecule has 4 rings (SSSR count). The molecule has 0 fully saturated rings. The number of allylic oxidation sites excluding steroid dienone is 2. The molecular weight excluding hydrogens is 657 g/mol. The highest BCUT2D eigenvalue weighted by atomic mass is 32.2. The SMILES string of the molecule is C=C/C=C(\N)CN(C(=O)CNS(=O)c1c(F)c(F)c(F)c(F)c1F)c1ccc(C(=O)OCc2ccccc2)c(OCc2ccccc2)c1. The fourth-order valence-corrected chi connectivity index (χ4v) is 5.16. The average Bonchev–Trinajstić information content (AvgIpc) is 3.10. The number of benzene rings is 4. The van der Waals surface area contributed by atoms with E-state index >= 15 is 0 Å². The van der Waals surface area contributed by atoms with Gasteiger partial charge in [0, 0.05) is 17.5 Å². The van der Waals surface area contributed by atoms with E-state index < -0.39 is 63.4 Å². The number of halogens is 5. The summed E-state index contributed by atoms with van der Waals surface area (Å²) in [5, 5.41) is 0. The third-order valence-corrected chi connectivity index (χ3v) is 7.77. The molecule has 1 atom stereocenters. The molecule has 0 saturated heterocycles.